The Hall–Kier alpha value is -4.81. The van der Waals surface area contributed by atoms with Gasteiger partial charge in [0.1, 0.15) is 17.8 Å². The van der Waals surface area contributed by atoms with Crippen molar-refractivity contribution >= 4 is 29.8 Å². The molecule has 0 spiro atoms. The number of pyridine rings is 1. The van der Waals surface area contributed by atoms with Gasteiger partial charge in [-0.15, -0.1) is 18.2 Å². The summed E-state index contributed by atoms with van der Waals surface area (Å²) in [6, 6.07) is 2.65. The van der Waals surface area contributed by atoms with Gasteiger partial charge in [-0.2, -0.15) is 0 Å². The van der Waals surface area contributed by atoms with E-state index < -0.39 is 71.0 Å². The number of fused-ring (bicyclic) bond motifs is 3. The van der Waals surface area contributed by atoms with Gasteiger partial charge in [0.25, 0.3) is 5.91 Å². The topological polar surface area (TPSA) is 126 Å². The number of ether oxygens (including phenoxy) is 5. The zero-order valence-corrected chi connectivity index (χ0v) is 29.2. The van der Waals surface area contributed by atoms with E-state index in [1.54, 1.807) is 44.9 Å². The molecule has 3 aliphatic rings. The third-order valence-corrected chi connectivity index (χ3v) is 9.04. The van der Waals surface area contributed by atoms with Crippen LogP contribution in [0.3, 0.4) is 0 Å². The fourth-order valence-corrected chi connectivity index (χ4v) is 6.87. The van der Waals surface area contributed by atoms with E-state index in [9.17, 15) is 23.6 Å². The van der Waals surface area contributed by atoms with Gasteiger partial charge >= 0.3 is 12.1 Å². The molecule has 15 heteroatoms. The van der Waals surface area contributed by atoms with Crippen LogP contribution in [0, 0.1) is 24.0 Å². The van der Waals surface area contributed by atoms with Gasteiger partial charge in [0.15, 0.2) is 17.3 Å². The number of carbonyl (C=O) groups excluding carboxylic acids is 3. The highest BCUT2D eigenvalue weighted by Crippen LogP contribution is 2.45. The Labute approximate surface area is 291 Å². The molecule has 0 saturated carbocycles. The van der Waals surface area contributed by atoms with Gasteiger partial charge < -0.3 is 28.6 Å². The second-order valence-electron chi connectivity index (χ2n) is 12.9. The lowest BCUT2D eigenvalue weighted by molar-refractivity contribution is -0.176. The molecule has 0 radical (unpaired) electrons. The van der Waals surface area contributed by atoms with Gasteiger partial charge in [0, 0.05) is 40.6 Å². The van der Waals surface area contributed by atoms with E-state index in [1.807, 2.05) is 0 Å². The highest BCUT2D eigenvalue weighted by atomic mass is 32.2. The largest absolute Gasteiger partial charge is 0.512 e. The highest BCUT2D eigenvalue weighted by molar-refractivity contribution is 8.02. The normalized spacial score (nSPS) is 19.2. The number of hydrogen-bond donors (Lipinski definition) is 0. The van der Waals surface area contributed by atoms with Crippen molar-refractivity contribution < 1.29 is 46.8 Å². The van der Waals surface area contributed by atoms with Crippen LogP contribution in [0.4, 0.5) is 13.6 Å². The first-order valence-corrected chi connectivity index (χ1v) is 16.7. The summed E-state index contributed by atoms with van der Waals surface area (Å²) in [6.45, 7) is 8.86. The third-order valence-electron chi connectivity index (χ3n) is 7.94. The number of esters is 1. The lowest BCUT2D eigenvalue weighted by Crippen LogP contribution is -2.66. The summed E-state index contributed by atoms with van der Waals surface area (Å²) in [5, 5.41) is 1.68. The molecule has 1 aromatic heterocycles. The summed E-state index contributed by atoms with van der Waals surface area (Å²) in [5.74, 6) is -1.10. The van der Waals surface area contributed by atoms with Crippen LogP contribution >= 0.6 is 11.8 Å². The Morgan fingerprint density at radius 3 is 2.56 bits per heavy atom. The SMILES string of the molecule is C#CC1=C(/C=C\C)SCc2c(ccc(F)c2F)[C@@H]1N1C2COCCN2C(=O)c2c(OCOC(=O)OC(C)(C)C(=O)OC(C)(C)C)c(=O)ccn21. The number of terminal acetylenes is 1. The predicted molar refractivity (Wildman–Crippen MR) is 179 cm³/mol. The molecule has 5 rings (SSSR count). The van der Waals surface area contributed by atoms with Crippen molar-refractivity contribution in [2.75, 3.05) is 31.6 Å². The maximum atomic E-state index is 15.5. The number of amides is 1. The number of morpholine rings is 1. The molecule has 1 saturated heterocycles. The fraction of sp³-hybridized carbons (Fsp3) is 0.429. The van der Waals surface area contributed by atoms with Crippen LogP contribution in [0.5, 0.6) is 5.75 Å². The average Bonchev–Trinajstić information content (AvgIpc) is 3.20. The Morgan fingerprint density at radius 2 is 1.88 bits per heavy atom. The van der Waals surface area contributed by atoms with Gasteiger partial charge in [0.2, 0.25) is 23.6 Å². The van der Waals surface area contributed by atoms with Crippen LogP contribution in [0.1, 0.15) is 69.2 Å². The summed E-state index contributed by atoms with van der Waals surface area (Å²) < 4.78 is 58.3. The van der Waals surface area contributed by atoms with E-state index in [4.69, 9.17) is 30.1 Å². The molecule has 2 atom stereocenters. The van der Waals surface area contributed by atoms with E-state index in [0.717, 1.165) is 12.1 Å². The van der Waals surface area contributed by atoms with Crippen molar-refractivity contribution in [3.8, 4) is 18.1 Å². The van der Waals surface area contributed by atoms with E-state index in [2.05, 4.69) is 5.92 Å². The Bertz CT molecular complexity index is 1880. The van der Waals surface area contributed by atoms with E-state index in [-0.39, 0.29) is 36.8 Å². The third kappa shape index (κ3) is 7.08. The lowest BCUT2D eigenvalue weighted by Gasteiger charge is -2.51. The van der Waals surface area contributed by atoms with Gasteiger partial charge in [0.05, 0.1) is 13.2 Å². The molecule has 0 N–H and O–H groups in total. The Morgan fingerprint density at radius 1 is 1.14 bits per heavy atom. The van der Waals surface area contributed by atoms with Crippen LogP contribution < -0.4 is 15.2 Å². The van der Waals surface area contributed by atoms with E-state index in [1.165, 1.54) is 47.4 Å². The summed E-state index contributed by atoms with van der Waals surface area (Å²) in [6.07, 6.45) is 8.94. The monoisotopic (exact) mass is 713 g/mol. The smallest absolute Gasteiger partial charge is 0.457 e. The molecule has 4 heterocycles. The molecule has 12 nitrogen and oxygen atoms in total. The first kappa shape index (κ1) is 36.5. The van der Waals surface area contributed by atoms with Crippen molar-refractivity contribution in [3.05, 3.63) is 85.7 Å². The van der Waals surface area contributed by atoms with Crippen molar-refractivity contribution in [3.63, 3.8) is 0 Å². The molecule has 1 unspecified atom stereocenters. The first-order chi connectivity index (χ1) is 23.6. The zero-order chi connectivity index (χ0) is 36.5. The number of hydrogen-bond acceptors (Lipinski definition) is 11. The number of nitrogens with zero attached hydrogens (tertiary/aromatic N) is 3. The average molecular weight is 714 g/mol. The Kier molecular flexibility index (Phi) is 10.4. The minimum Gasteiger partial charge on any atom is -0.457 e. The number of allylic oxidation sites excluding steroid dienone is 2. The quantitative estimate of drug-likeness (QED) is 0.220. The van der Waals surface area contributed by atoms with Crippen LogP contribution in [-0.2, 0) is 29.5 Å². The van der Waals surface area contributed by atoms with Crippen LogP contribution in [-0.4, -0.2) is 71.5 Å². The molecular formula is C35H37F2N3O9S. The maximum Gasteiger partial charge on any atom is 0.512 e. The second kappa shape index (κ2) is 14.2. The molecule has 1 amide bonds. The summed E-state index contributed by atoms with van der Waals surface area (Å²) in [5.41, 5.74) is -2.65. The number of aromatic nitrogens is 1. The fourth-order valence-electron chi connectivity index (χ4n) is 5.72. The number of halogens is 2. The lowest BCUT2D eigenvalue weighted by atomic mass is 9.92. The molecule has 3 aliphatic heterocycles. The van der Waals surface area contributed by atoms with E-state index >= 15 is 4.39 Å². The molecule has 0 aliphatic carbocycles. The minimum absolute atomic E-state index is 0.0232. The summed E-state index contributed by atoms with van der Waals surface area (Å²) >= 11 is 1.25. The van der Waals surface area contributed by atoms with Crippen LogP contribution in [0.25, 0.3) is 0 Å². The van der Waals surface area contributed by atoms with Gasteiger partial charge in [-0.3, -0.25) is 19.3 Å². The van der Waals surface area contributed by atoms with Gasteiger partial charge in [-0.1, -0.05) is 24.1 Å². The molecule has 266 valence electrons. The number of benzene rings is 1. The highest BCUT2D eigenvalue weighted by Gasteiger charge is 2.47. The van der Waals surface area contributed by atoms with Gasteiger partial charge in [-0.25, -0.2) is 18.4 Å². The van der Waals surface area contributed by atoms with Crippen molar-refractivity contribution in [1.82, 2.24) is 9.58 Å². The van der Waals surface area contributed by atoms with Crippen molar-refractivity contribution in [1.29, 1.82) is 0 Å². The zero-order valence-electron chi connectivity index (χ0n) is 28.4. The van der Waals surface area contributed by atoms with Crippen LogP contribution in [0.2, 0.25) is 0 Å². The Balaban J connectivity index is 1.56. The number of thioether (sulfide) groups is 1. The molecule has 1 aromatic carbocycles. The van der Waals surface area contributed by atoms with Gasteiger partial charge in [-0.05, 0) is 53.2 Å². The van der Waals surface area contributed by atoms with E-state index in [0.29, 0.717) is 16.0 Å². The second-order valence-corrected chi connectivity index (χ2v) is 14.0. The number of carbonyl (C=O) groups is 3. The predicted octanol–water partition coefficient (Wildman–Crippen LogP) is 4.94. The maximum absolute atomic E-state index is 15.5. The number of rotatable bonds is 7. The molecule has 1 fully saturated rings. The minimum atomic E-state index is -1.72. The van der Waals surface area contributed by atoms with Crippen molar-refractivity contribution in [2.45, 2.75) is 70.7 Å². The molecule has 2 aromatic rings. The van der Waals surface area contributed by atoms with Crippen LogP contribution in [0.15, 0.2) is 51.8 Å². The first-order valence-electron chi connectivity index (χ1n) is 15.7. The molecule has 50 heavy (non-hydrogen) atoms. The summed E-state index contributed by atoms with van der Waals surface area (Å²) in [7, 11) is 0. The standard InChI is InChI=1S/C35H37F2N3O9S/c1-8-10-25-20(9-2)28(21-11-12-23(36)27(37)22(21)18-50-25)40-26-17-45-16-15-38(26)31(42)29-30(24(41)13-14-39(29)40)46-19-47-33(44)49-35(6,7)32(43)48-34(3,4)5/h2,8,10-14,26,28H,15-19H2,1,3-7H3/b10-8-/t26?,28-/m1/s1. The van der Waals surface area contributed by atoms with Crippen molar-refractivity contribution in [2.24, 2.45) is 0 Å². The summed E-state index contributed by atoms with van der Waals surface area (Å²) in [4.78, 5) is 54.5. The molecule has 0 bridgehead atoms. The molecular weight excluding hydrogens is 676 g/mol.